The molecule has 5 heterocycles. The summed E-state index contributed by atoms with van der Waals surface area (Å²) in [5.41, 5.74) is 9.92. The molecule has 3 aliphatic rings. The Morgan fingerprint density at radius 2 is 1.75 bits per heavy atom. The maximum absolute atomic E-state index is 13.9. The predicted octanol–water partition coefficient (Wildman–Crippen LogP) is 5.23. The van der Waals surface area contributed by atoms with Crippen LogP contribution in [0.4, 0.5) is 0 Å². The molecule has 216 valence electrons. The number of sulfonamides is 1. The molecule has 0 unspecified atom stereocenters. The van der Waals surface area contributed by atoms with E-state index >= 15 is 0 Å². The summed E-state index contributed by atoms with van der Waals surface area (Å²) in [5.74, 6) is 0.0838. The fourth-order valence-electron chi connectivity index (χ4n) is 6.91. The molecule has 6 rings (SSSR count). The highest BCUT2D eigenvalue weighted by molar-refractivity contribution is 7.89. The summed E-state index contributed by atoms with van der Waals surface area (Å²) in [6.07, 6.45) is 12.4. The average molecular weight is 567 g/mol. The van der Waals surface area contributed by atoms with Crippen molar-refractivity contribution in [1.82, 2.24) is 13.3 Å². The van der Waals surface area contributed by atoms with Crippen molar-refractivity contribution in [3.05, 3.63) is 47.8 Å². The molecule has 0 atom stereocenters. The molecular formula is C31H42N4O4S. The Morgan fingerprint density at radius 1 is 1.02 bits per heavy atom. The molecule has 1 amide bonds. The second-order valence-electron chi connectivity index (χ2n) is 12.5. The van der Waals surface area contributed by atoms with E-state index in [0.717, 1.165) is 81.8 Å². The Hall–Kier alpha value is -2.62. The minimum absolute atomic E-state index is 0.104. The molecule has 1 saturated carbocycles. The van der Waals surface area contributed by atoms with Gasteiger partial charge < -0.3 is 19.4 Å². The van der Waals surface area contributed by atoms with Gasteiger partial charge in [0.15, 0.2) is 0 Å². The summed E-state index contributed by atoms with van der Waals surface area (Å²) in [6.45, 7) is 5.61. The van der Waals surface area contributed by atoms with E-state index in [1.54, 1.807) is 4.31 Å². The predicted molar refractivity (Wildman–Crippen MR) is 156 cm³/mol. The van der Waals surface area contributed by atoms with Crippen molar-refractivity contribution >= 4 is 21.4 Å². The SMILES string of the molecule is CC1(CCc2c(C(N)=O)cc(-c3cc(S(=O)(=O)N4CCCCC4)c4ccccn34)n2CC2CCCCC2)COC1. The van der Waals surface area contributed by atoms with Crippen LogP contribution in [0.3, 0.4) is 0 Å². The number of pyridine rings is 1. The summed E-state index contributed by atoms with van der Waals surface area (Å²) < 4.78 is 39.2. The highest BCUT2D eigenvalue weighted by atomic mass is 32.2. The van der Waals surface area contributed by atoms with E-state index < -0.39 is 15.9 Å². The Morgan fingerprint density at radius 3 is 2.42 bits per heavy atom. The van der Waals surface area contributed by atoms with Crippen LogP contribution in [0.25, 0.3) is 16.9 Å². The average Bonchev–Trinajstić information content (AvgIpc) is 3.51. The molecule has 3 fully saturated rings. The van der Waals surface area contributed by atoms with Gasteiger partial charge >= 0.3 is 0 Å². The van der Waals surface area contributed by atoms with Crippen molar-refractivity contribution in [3.8, 4) is 11.4 Å². The number of ether oxygens (including phenoxy) is 1. The lowest BCUT2D eigenvalue weighted by Crippen LogP contribution is -2.40. The fraction of sp³-hybridized carbons (Fsp3) is 0.581. The largest absolute Gasteiger partial charge is 0.380 e. The highest BCUT2D eigenvalue weighted by Gasteiger charge is 2.35. The van der Waals surface area contributed by atoms with E-state index in [-0.39, 0.29) is 5.41 Å². The second kappa shape index (κ2) is 11.0. The van der Waals surface area contributed by atoms with Crippen LogP contribution in [0.1, 0.15) is 80.8 Å². The van der Waals surface area contributed by atoms with Crippen molar-refractivity contribution in [3.63, 3.8) is 0 Å². The number of carbonyl (C=O) groups excluding carboxylic acids is 1. The van der Waals surface area contributed by atoms with Gasteiger partial charge in [-0.2, -0.15) is 4.31 Å². The normalized spacial score (nSPS) is 20.5. The molecule has 1 aliphatic carbocycles. The molecule has 9 heteroatoms. The number of piperidine rings is 1. The van der Waals surface area contributed by atoms with Crippen LogP contribution in [-0.4, -0.2) is 53.9 Å². The summed E-state index contributed by atoms with van der Waals surface area (Å²) in [5, 5.41) is 0. The third-order valence-corrected chi connectivity index (χ3v) is 11.3. The van der Waals surface area contributed by atoms with Gasteiger partial charge in [-0.1, -0.05) is 38.7 Å². The van der Waals surface area contributed by atoms with Gasteiger partial charge in [0.25, 0.3) is 5.91 Å². The zero-order valence-electron chi connectivity index (χ0n) is 23.6. The molecule has 3 aromatic rings. The number of nitrogens with zero attached hydrogens (tertiary/aromatic N) is 3. The van der Waals surface area contributed by atoms with Crippen LogP contribution in [0.2, 0.25) is 0 Å². The third kappa shape index (κ3) is 5.12. The molecule has 40 heavy (non-hydrogen) atoms. The van der Waals surface area contributed by atoms with Gasteiger partial charge in [0.05, 0.1) is 35.7 Å². The Balaban J connectivity index is 1.49. The summed E-state index contributed by atoms with van der Waals surface area (Å²) in [4.78, 5) is 13.2. The zero-order valence-corrected chi connectivity index (χ0v) is 24.4. The molecule has 0 aromatic carbocycles. The van der Waals surface area contributed by atoms with Crippen LogP contribution in [0, 0.1) is 11.3 Å². The molecular weight excluding hydrogens is 524 g/mol. The van der Waals surface area contributed by atoms with Crippen molar-refractivity contribution in [2.24, 2.45) is 17.1 Å². The molecule has 0 bridgehead atoms. The van der Waals surface area contributed by atoms with Crippen molar-refractivity contribution < 1.29 is 17.9 Å². The van der Waals surface area contributed by atoms with Crippen LogP contribution < -0.4 is 5.73 Å². The standard InChI is InChI=1S/C31H42N4O4S/c1-31(21-39-22-31)14-13-25-24(30(32)36)18-27(35(25)20-23-10-4-2-5-11-23)28-19-29(26-12-6-9-17-34(26)28)40(37,38)33-15-7-3-8-16-33/h6,9,12,17-19,23H,2-5,7-8,10-11,13-16,20-22H2,1H3,(H2,32,36). The number of carbonyl (C=O) groups is 1. The molecule has 3 aromatic heterocycles. The van der Waals surface area contributed by atoms with E-state index in [9.17, 15) is 13.2 Å². The first-order chi connectivity index (χ1) is 19.3. The fourth-order valence-corrected chi connectivity index (χ4v) is 8.61. The quantitative estimate of drug-likeness (QED) is 0.383. The van der Waals surface area contributed by atoms with E-state index in [1.807, 2.05) is 40.9 Å². The molecule has 8 nitrogen and oxygen atoms in total. The lowest BCUT2D eigenvalue weighted by molar-refractivity contribution is -0.105. The number of fused-ring (bicyclic) bond motifs is 1. The summed E-state index contributed by atoms with van der Waals surface area (Å²) in [7, 11) is -3.66. The Bertz CT molecular complexity index is 1490. The van der Waals surface area contributed by atoms with Crippen molar-refractivity contribution in [1.29, 1.82) is 0 Å². The topological polar surface area (TPSA) is 99.0 Å². The smallest absolute Gasteiger partial charge is 0.250 e. The number of rotatable bonds is 9. The Kier molecular flexibility index (Phi) is 7.57. The minimum atomic E-state index is -3.66. The second-order valence-corrected chi connectivity index (χ2v) is 14.4. The van der Waals surface area contributed by atoms with Crippen LogP contribution in [-0.2, 0) is 27.7 Å². The van der Waals surface area contributed by atoms with Gasteiger partial charge in [-0.05, 0) is 68.7 Å². The molecule has 2 N–H and O–H groups in total. The van der Waals surface area contributed by atoms with E-state index in [2.05, 4.69) is 11.5 Å². The highest BCUT2D eigenvalue weighted by Crippen LogP contribution is 2.38. The van der Waals surface area contributed by atoms with Crippen LogP contribution >= 0.6 is 0 Å². The minimum Gasteiger partial charge on any atom is -0.380 e. The summed E-state index contributed by atoms with van der Waals surface area (Å²) >= 11 is 0. The van der Waals surface area contributed by atoms with Gasteiger partial charge in [-0.15, -0.1) is 0 Å². The van der Waals surface area contributed by atoms with Gasteiger partial charge in [-0.25, -0.2) is 8.42 Å². The van der Waals surface area contributed by atoms with Gasteiger partial charge in [-0.3, -0.25) is 4.79 Å². The number of primary amides is 1. The molecule has 0 spiro atoms. The lowest BCUT2D eigenvalue weighted by Gasteiger charge is -2.38. The first-order valence-electron chi connectivity index (χ1n) is 15.0. The maximum atomic E-state index is 13.9. The third-order valence-electron chi connectivity index (χ3n) is 9.34. The lowest BCUT2D eigenvalue weighted by atomic mass is 9.83. The maximum Gasteiger partial charge on any atom is 0.250 e. The number of hydrogen-bond donors (Lipinski definition) is 1. The number of hydrogen-bond acceptors (Lipinski definition) is 4. The van der Waals surface area contributed by atoms with Crippen molar-refractivity contribution in [2.75, 3.05) is 26.3 Å². The number of aromatic nitrogens is 2. The summed E-state index contributed by atoms with van der Waals surface area (Å²) in [6, 6.07) is 9.42. The van der Waals surface area contributed by atoms with E-state index in [1.165, 1.54) is 19.3 Å². The number of amides is 1. The van der Waals surface area contributed by atoms with Crippen LogP contribution in [0.15, 0.2) is 41.4 Å². The Labute approximate surface area is 237 Å². The zero-order chi connectivity index (χ0) is 27.9. The first kappa shape index (κ1) is 27.5. The van der Waals surface area contributed by atoms with Gasteiger partial charge in [0.2, 0.25) is 10.0 Å². The van der Waals surface area contributed by atoms with Gasteiger partial charge in [0.1, 0.15) is 4.90 Å². The first-order valence-corrected chi connectivity index (χ1v) is 16.4. The van der Waals surface area contributed by atoms with E-state index in [4.69, 9.17) is 10.5 Å². The molecule has 2 aliphatic heterocycles. The monoisotopic (exact) mass is 566 g/mol. The van der Waals surface area contributed by atoms with Gasteiger partial charge in [0, 0.05) is 36.9 Å². The van der Waals surface area contributed by atoms with Crippen LogP contribution in [0.5, 0.6) is 0 Å². The van der Waals surface area contributed by atoms with Crippen molar-refractivity contribution in [2.45, 2.75) is 82.6 Å². The molecule has 0 radical (unpaired) electrons. The molecule has 2 saturated heterocycles. The van der Waals surface area contributed by atoms with E-state index in [0.29, 0.717) is 35.0 Å². The number of nitrogens with two attached hydrogens (primary N) is 1.